The number of rotatable bonds is 7. The summed E-state index contributed by atoms with van der Waals surface area (Å²) in [5.41, 5.74) is 0. The van der Waals surface area contributed by atoms with E-state index in [9.17, 15) is 0 Å². The van der Waals surface area contributed by atoms with E-state index in [-0.39, 0.29) is 16.0 Å². The molecule has 0 bridgehead atoms. The smallest absolute Gasteiger partial charge is 0.161 e. The lowest BCUT2D eigenvalue weighted by Gasteiger charge is -2.25. The molecule has 0 fully saturated rings. The van der Waals surface area contributed by atoms with E-state index in [0.29, 0.717) is 6.79 Å². The van der Waals surface area contributed by atoms with E-state index < -0.39 is 0 Å². The summed E-state index contributed by atoms with van der Waals surface area (Å²) in [6, 6.07) is 0. The minimum absolute atomic E-state index is 0.181. The fraction of sp³-hybridized carbons (Fsp3) is 1.00. The molecule has 0 aromatic carbocycles. The Bertz CT molecular complexity index is 99.1. The normalized spacial score (nSPS) is 14.8. The van der Waals surface area contributed by atoms with Crippen LogP contribution in [-0.4, -0.2) is 40.8 Å². The van der Waals surface area contributed by atoms with Crippen molar-refractivity contribution in [3.05, 3.63) is 0 Å². The molecule has 4 heteroatoms. The number of hydrogen-bond acceptors (Lipinski definition) is 3. The summed E-state index contributed by atoms with van der Waals surface area (Å²) in [6.45, 7) is 11.0. The lowest BCUT2D eigenvalue weighted by Crippen LogP contribution is -2.35. The Morgan fingerprint density at radius 1 is 1.33 bits per heavy atom. The largest absolute Gasteiger partial charge is 0.402 e. The number of nitrogens with zero attached hydrogens (tertiary/aromatic N) is 1. The molecule has 1 unspecified atom stereocenters. The van der Waals surface area contributed by atoms with Crippen molar-refractivity contribution in [3.63, 3.8) is 0 Å². The van der Waals surface area contributed by atoms with Crippen LogP contribution in [0.15, 0.2) is 0 Å². The number of hydrogen-bond donors (Lipinski definition) is 0. The van der Waals surface area contributed by atoms with Crippen molar-refractivity contribution in [1.29, 1.82) is 0 Å². The van der Waals surface area contributed by atoms with Gasteiger partial charge < -0.3 is 9.16 Å². The summed E-state index contributed by atoms with van der Waals surface area (Å²) in [4.78, 5) is 2.25. The monoisotopic (exact) mass is 191 g/mol. The van der Waals surface area contributed by atoms with Crippen LogP contribution in [0.4, 0.5) is 0 Å². The first-order valence-corrected chi connectivity index (χ1v) is 6.68. The average molecular weight is 191 g/mol. The summed E-state index contributed by atoms with van der Waals surface area (Å²) in [6.07, 6.45) is 0.181. The Morgan fingerprint density at radius 3 is 2.33 bits per heavy atom. The van der Waals surface area contributed by atoms with Crippen molar-refractivity contribution in [3.8, 4) is 0 Å². The third kappa shape index (κ3) is 4.87. The van der Waals surface area contributed by atoms with Gasteiger partial charge in [0.2, 0.25) is 0 Å². The lowest BCUT2D eigenvalue weighted by molar-refractivity contribution is -0.0966. The van der Waals surface area contributed by atoms with Gasteiger partial charge in [-0.3, -0.25) is 4.90 Å². The molecule has 0 spiro atoms. The molecule has 0 aliphatic carbocycles. The molecule has 74 valence electrons. The first kappa shape index (κ1) is 12.1. The molecule has 0 aromatic rings. The van der Waals surface area contributed by atoms with Gasteiger partial charge in [0, 0.05) is 0 Å². The average Bonchev–Trinajstić information content (AvgIpc) is 2.07. The van der Waals surface area contributed by atoms with Gasteiger partial charge in [-0.2, -0.15) is 0 Å². The summed E-state index contributed by atoms with van der Waals surface area (Å²) < 4.78 is 10.7. The Hall–Kier alpha value is 0.0969. The van der Waals surface area contributed by atoms with Crippen LogP contribution < -0.4 is 0 Å². The molecule has 0 amide bonds. The third-order valence-corrected chi connectivity index (χ3v) is 2.50. The summed E-state index contributed by atoms with van der Waals surface area (Å²) in [5.74, 6) is 0. The molecular weight excluding hydrogens is 170 g/mol. The highest BCUT2D eigenvalue weighted by Gasteiger charge is 2.08. The zero-order valence-corrected chi connectivity index (χ0v) is 10.1. The maximum absolute atomic E-state index is 5.46. The molecule has 0 N–H and O–H groups in total. The minimum Gasteiger partial charge on any atom is -0.402 e. The topological polar surface area (TPSA) is 21.7 Å². The van der Waals surface area contributed by atoms with Crippen molar-refractivity contribution in [2.75, 3.05) is 19.9 Å². The predicted octanol–water partition coefficient (Wildman–Crippen LogP) is 0.797. The molecular formula is C8H21NO2Si. The van der Waals surface area contributed by atoms with Crippen LogP contribution in [-0.2, 0) is 9.16 Å². The predicted molar refractivity (Wildman–Crippen MR) is 53.8 cm³/mol. The first-order valence-electron chi connectivity index (χ1n) is 4.69. The zero-order chi connectivity index (χ0) is 9.40. The van der Waals surface area contributed by atoms with Gasteiger partial charge in [-0.1, -0.05) is 20.4 Å². The molecule has 12 heavy (non-hydrogen) atoms. The van der Waals surface area contributed by atoms with Crippen molar-refractivity contribution < 1.29 is 9.16 Å². The summed E-state index contributed by atoms with van der Waals surface area (Å²) >= 11 is 0. The lowest BCUT2D eigenvalue weighted by atomic mass is 10.4. The van der Waals surface area contributed by atoms with Crippen LogP contribution in [0.5, 0.6) is 0 Å². The van der Waals surface area contributed by atoms with Gasteiger partial charge in [0.25, 0.3) is 0 Å². The second kappa shape index (κ2) is 7.73. The van der Waals surface area contributed by atoms with Crippen molar-refractivity contribution in [2.24, 2.45) is 0 Å². The van der Waals surface area contributed by atoms with E-state index in [4.69, 9.17) is 9.16 Å². The van der Waals surface area contributed by atoms with E-state index in [1.807, 2.05) is 0 Å². The fourth-order valence-electron chi connectivity index (χ4n) is 1.07. The quantitative estimate of drug-likeness (QED) is 0.337. The van der Waals surface area contributed by atoms with E-state index in [0.717, 1.165) is 13.1 Å². The molecule has 3 nitrogen and oxygen atoms in total. The van der Waals surface area contributed by atoms with E-state index in [1.165, 1.54) is 0 Å². The maximum atomic E-state index is 5.46. The van der Waals surface area contributed by atoms with E-state index in [2.05, 4.69) is 32.2 Å². The van der Waals surface area contributed by atoms with Crippen molar-refractivity contribution in [1.82, 2.24) is 4.90 Å². The summed E-state index contributed by atoms with van der Waals surface area (Å²) in [7, 11) is -0.310. The molecule has 0 saturated heterocycles. The van der Waals surface area contributed by atoms with Crippen LogP contribution in [0.25, 0.3) is 0 Å². The van der Waals surface area contributed by atoms with Gasteiger partial charge in [-0.25, -0.2) is 0 Å². The van der Waals surface area contributed by atoms with E-state index in [1.54, 1.807) is 0 Å². The Kier molecular flexibility index (Phi) is 7.79. The number of ether oxygens (including phenoxy) is 1. The van der Waals surface area contributed by atoms with Crippen LogP contribution in [0.3, 0.4) is 0 Å². The molecule has 0 aliphatic rings. The molecule has 0 aliphatic heterocycles. The SMILES string of the molecule is CCN(CC)C(C)OCO[SiH2]C. The highest BCUT2D eigenvalue weighted by molar-refractivity contribution is 6.24. The first-order chi connectivity index (χ1) is 5.76. The molecule has 0 heterocycles. The van der Waals surface area contributed by atoms with Gasteiger partial charge in [0.1, 0.15) is 13.0 Å². The van der Waals surface area contributed by atoms with Gasteiger partial charge in [0.15, 0.2) is 9.76 Å². The van der Waals surface area contributed by atoms with Gasteiger partial charge in [0.05, 0.1) is 0 Å². The molecule has 1 atom stereocenters. The fourth-order valence-corrected chi connectivity index (χ4v) is 1.34. The Morgan fingerprint density at radius 2 is 1.92 bits per heavy atom. The maximum Gasteiger partial charge on any atom is 0.161 e. The van der Waals surface area contributed by atoms with Gasteiger partial charge in [-0.15, -0.1) is 0 Å². The highest BCUT2D eigenvalue weighted by Crippen LogP contribution is 1.99. The van der Waals surface area contributed by atoms with Gasteiger partial charge in [-0.05, 0) is 20.0 Å². The standard InChI is InChI=1S/C8H21NO2Si/c1-5-9(6-2)8(3)10-7-11-12-4/h8H,5-7,12H2,1-4H3. The molecule has 0 aromatic heterocycles. The Labute approximate surface area is 78.0 Å². The second-order valence-electron chi connectivity index (χ2n) is 2.60. The third-order valence-electron chi connectivity index (χ3n) is 1.92. The van der Waals surface area contributed by atoms with Crippen LogP contribution >= 0.6 is 0 Å². The van der Waals surface area contributed by atoms with Crippen molar-refractivity contribution in [2.45, 2.75) is 33.5 Å². The van der Waals surface area contributed by atoms with Gasteiger partial charge >= 0.3 is 0 Å². The minimum atomic E-state index is -0.310. The highest BCUT2D eigenvalue weighted by atomic mass is 28.2. The second-order valence-corrected chi connectivity index (χ2v) is 3.58. The van der Waals surface area contributed by atoms with E-state index >= 15 is 0 Å². The molecule has 0 radical (unpaired) electrons. The summed E-state index contributed by atoms with van der Waals surface area (Å²) in [5, 5.41) is 0. The van der Waals surface area contributed by atoms with Crippen LogP contribution in [0.1, 0.15) is 20.8 Å². The zero-order valence-electron chi connectivity index (χ0n) is 8.67. The van der Waals surface area contributed by atoms with Crippen LogP contribution in [0.2, 0.25) is 6.55 Å². The van der Waals surface area contributed by atoms with Crippen molar-refractivity contribution >= 4 is 9.76 Å². The van der Waals surface area contributed by atoms with Crippen LogP contribution in [0, 0.1) is 0 Å². The molecule has 0 saturated carbocycles. The Balaban J connectivity index is 3.47. The molecule has 0 rings (SSSR count).